The number of para-hydroxylation sites is 3. The highest BCUT2D eigenvalue weighted by atomic mass is 15.0. The number of hydrogen-bond acceptors (Lipinski definition) is 0. The molecule has 1 unspecified atom stereocenters. The summed E-state index contributed by atoms with van der Waals surface area (Å²) in [6.07, 6.45) is 9.59. The van der Waals surface area contributed by atoms with Crippen molar-refractivity contribution in [2.75, 3.05) is 0 Å². The minimum absolute atomic E-state index is 0.653. The number of benzene rings is 9. The lowest BCUT2D eigenvalue weighted by Crippen LogP contribution is -2.32. The van der Waals surface area contributed by atoms with E-state index in [2.05, 4.69) is 252 Å². The van der Waals surface area contributed by atoms with Crippen LogP contribution >= 0.6 is 0 Å². The van der Waals surface area contributed by atoms with E-state index in [1.165, 1.54) is 77.1 Å². The third-order valence-electron chi connectivity index (χ3n) is 13.4. The van der Waals surface area contributed by atoms with Gasteiger partial charge in [-0.25, -0.2) is 0 Å². The molecule has 64 heavy (non-hydrogen) atoms. The highest BCUT2D eigenvalue weighted by molar-refractivity contribution is 6.16. The molecule has 0 amide bonds. The molecule has 9 aromatic carbocycles. The summed E-state index contributed by atoms with van der Waals surface area (Å²) < 4.78 is 4.88. The lowest BCUT2D eigenvalue weighted by molar-refractivity contribution is 0.738. The molecule has 302 valence electrons. The van der Waals surface area contributed by atoms with Crippen molar-refractivity contribution in [3.8, 4) is 33.6 Å². The zero-order valence-corrected chi connectivity index (χ0v) is 35.4. The molecule has 0 fully saturated rings. The molecule has 0 saturated heterocycles. The van der Waals surface area contributed by atoms with Crippen LogP contribution in [0.4, 0.5) is 0 Å². The SMILES string of the molecule is C=C1/C=C\C=C/Cc2ccccc2C1(c1ccccc1)c1ccc2c(c1)c1cc(-c3cccc4c5ccccc5n(-c5ccccc5)c34)ccc1n2-c1ccc(-c2ccccc2)cc1. The first-order valence-electron chi connectivity index (χ1n) is 22.2. The monoisotopic (exact) mass is 816 g/mol. The summed E-state index contributed by atoms with van der Waals surface area (Å²) in [4.78, 5) is 0. The van der Waals surface area contributed by atoms with Crippen LogP contribution in [0.2, 0.25) is 0 Å². The Morgan fingerprint density at radius 3 is 1.83 bits per heavy atom. The van der Waals surface area contributed by atoms with Crippen LogP contribution in [0.3, 0.4) is 0 Å². The van der Waals surface area contributed by atoms with Crippen molar-refractivity contribution in [1.29, 1.82) is 0 Å². The van der Waals surface area contributed by atoms with Crippen LogP contribution in [0.15, 0.2) is 255 Å². The van der Waals surface area contributed by atoms with E-state index in [0.717, 1.165) is 34.4 Å². The Kier molecular flexibility index (Phi) is 8.98. The summed E-state index contributed by atoms with van der Waals surface area (Å²) >= 11 is 0. The lowest BCUT2D eigenvalue weighted by Gasteiger charge is -2.38. The van der Waals surface area contributed by atoms with Crippen LogP contribution < -0.4 is 0 Å². The van der Waals surface area contributed by atoms with Crippen LogP contribution in [0.25, 0.3) is 77.2 Å². The van der Waals surface area contributed by atoms with Gasteiger partial charge in [-0.2, -0.15) is 0 Å². The van der Waals surface area contributed by atoms with Crippen molar-refractivity contribution in [2.45, 2.75) is 11.8 Å². The highest BCUT2D eigenvalue weighted by Crippen LogP contribution is 2.49. The predicted molar refractivity (Wildman–Crippen MR) is 270 cm³/mol. The van der Waals surface area contributed by atoms with Crippen molar-refractivity contribution in [2.24, 2.45) is 0 Å². The van der Waals surface area contributed by atoms with Gasteiger partial charge in [0.2, 0.25) is 0 Å². The summed E-state index contributed by atoms with van der Waals surface area (Å²) in [6, 6.07) is 80.1. The third kappa shape index (κ3) is 5.87. The Bertz CT molecular complexity index is 3620. The van der Waals surface area contributed by atoms with Gasteiger partial charge in [0.1, 0.15) is 0 Å². The van der Waals surface area contributed by atoms with Crippen molar-refractivity contribution < 1.29 is 0 Å². The summed E-state index contributed by atoms with van der Waals surface area (Å²) in [5.41, 5.74) is 17.0. The molecule has 0 bridgehead atoms. The molecular weight excluding hydrogens is 773 g/mol. The zero-order chi connectivity index (χ0) is 42.6. The van der Waals surface area contributed by atoms with Gasteiger partial charge >= 0.3 is 0 Å². The Balaban J connectivity index is 1.16. The Hall–Kier alpha value is -8.20. The Labute approximate surface area is 373 Å². The number of allylic oxidation sites excluding steroid dienone is 5. The van der Waals surface area contributed by atoms with E-state index in [1.54, 1.807) is 0 Å². The van der Waals surface area contributed by atoms with Gasteiger partial charge in [-0.15, -0.1) is 0 Å². The highest BCUT2D eigenvalue weighted by Gasteiger charge is 2.40. The van der Waals surface area contributed by atoms with Crippen LogP contribution in [0.5, 0.6) is 0 Å². The van der Waals surface area contributed by atoms with Gasteiger partial charge in [0.15, 0.2) is 0 Å². The van der Waals surface area contributed by atoms with E-state index >= 15 is 0 Å². The molecule has 2 aromatic heterocycles. The molecule has 1 aliphatic rings. The van der Waals surface area contributed by atoms with Crippen LogP contribution in [-0.4, -0.2) is 9.13 Å². The summed E-state index contributed by atoms with van der Waals surface area (Å²) in [5.74, 6) is 0. The topological polar surface area (TPSA) is 9.86 Å². The van der Waals surface area contributed by atoms with E-state index < -0.39 is 5.41 Å². The average molecular weight is 817 g/mol. The van der Waals surface area contributed by atoms with Crippen LogP contribution in [0, 0.1) is 0 Å². The van der Waals surface area contributed by atoms with E-state index in [-0.39, 0.29) is 0 Å². The maximum absolute atomic E-state index is 4.90. The Morgan fingerprint density at radius 2 is 1.02 bits per heavy atom. The van der Waals surface area contributed by atoms with Crippen molar-refractivity contribution >= 4 is 43.6 Å². The average Bonchev–Trinajstić information content (AvgIpc) is 3.89. The lowest BCUT2D eigenvalue weighted by atomic mass is 9.63. The van der Waals surface area contributed by atoms with Gasteiger partial charge in [0, 0.05) is 38.5 Å². The normalized spacial score (nSPS) is 16.1. The van der Waals surface area contributed by atoms with Crippen molar-refractivity contribution in [3.05, 3.63) is 277 Å². The molecule has 2 nitrogen and oxygen atoms in total. The molecule has 12 rings (SSSR count). The van der Waals surface area contributed by atoms with Gasteiger partial charge in [-0.3, -0.25) is 0 Å². The molecule has 0 spiro atoms. The minimum atomic E-state index is -0.653. The first kappa shape index (κ1) is 37.6. The maximum Gasteiger partial charge on any atom is 0.0698 e. The van der Waals surface area contributed by atoms with E-state index in [0.29, 0.717) is 0 Å². The molecule has 2 heteroatoms. The standard InChI is InChI=1S/C62H44N2/c1-43-19-6-2-9-22-46-23-14-16-31-57(46)62(43,48-24-10-4-11-25-48)49-36-40-60-56(42-49)55-41-47(35-39-59(55)63(60)51-37-33-45(34-38-51)44-20-7-3-8-21-44)52-29-18-30-54-53-28-15-17-32-58(53)64(61(52)54)50-26-12-5-13-27-50/h2-21,23-42H,1,22H2/b9-2-,19-6-. The molecule has 2 heterocycles. The fourth-order valence-electron chi connectivity index (χ4n) is 10.6. The number of hydrogen-bond donors (Lipinski definition) is 0. The van der Waals surface area contributed by atoms with Crippen molar-refractivity contribution in [3.63, 3.8) is 0 Å². The van der Waals surface area contributed by atoms with Crippen molar-refractivity contribution in [1.82, 2.24) is 9.13 Å². The molecule has 0 N–H and O–H groups in total. The quantitative estimate of drug-likeness (QED) is 0.158. The fraction of sp³-hybridized carbons (Fsp3) is 0.0323. The molecule has 0 aliphatic heterocycles. The fourth-order valence-corrected chi connectivity index (χ4v) is 10.6. The van der Waals surface area contributed by atoms with Gasteiger partial charge < -0.3 is 9.13 Å². The summed E-state index contributed by atoms with van der Waals surface area (Å²) in [6.45, 7) is 4.90. The minimum Gasteiger partial charge on any atom is -0.309 e. The summed E-state index contributed by atoms with van der Waals surface area (Å²) in [7, 11) is 0. The number of rotatable bonds is 6. The van der Waals surface area contributed by atoms with Gasteiger partial charge in [0.05, 0.1) is 27.5 Å². The number of aromatic nitrogens is 2. The second kappa shape index (κ2) is 15.3. The zero-order valence-electron chi connectivity index (χ0n) is 35.4. The van der Waals surface area contributed by atoms with Crippen LogP contribution in [0.1, 0.15) is 22.3 Å². The predicted octanol–water partition coefficient (Wildman–Crippen LogP) is 15.8. The van der Waals surface area contributed by atoms with Gasteiger partial charge in [0.25, 0.3) is 0 Å². The number of fused-ring (bicyclic) bond motifs is 7. The second-order valence-corrected chi connectivity index (χ2v) is 16.9. The second-order valence-electron chi connectivity index (χ2n) is 16.9. The first-order valence-corrected chi connectivity index (χ1v) is 22.2. The largest absolute Gasteiger partial charge is 0.309 e. The molecular formula is C62H44N2. The molecule has 11 aromatic rings. The number of nitrogens with zero attached hydrogens (tertiary/aromatic N) is 2. The smallest absolute Gasteiger partial charge is 0.0698 e. The summed E-state index contributed by atoms with van der Waals surface area (Å²) in [5, 5.41) is 4.88. The molecule has 0 radical (unpaired) electrons. The third-order valence-corrected chi connectivity index (χ3v) is 13.4. The maximum atomic E-state index is 4.90. The van der Waals surface area contributed by atoms with E-state index in [4.69, 9.17) is 6.58 Å². The van der Waals surface area contributed by atoms with Gasteiger partial charge in [-0.1, -0.05) is 195 Å². The van der Waals surface area contributed by atoms with E-state index in [9.17, 15) is 0 Å². The van der Waals surface area contributed by atoms with Crippen LogP contribution in [-0.2, 0) is 11.8 Å². The molecule has 0 saturated carbocycles. The molecule has 1 aliphatic carbocycles. The Morgan fingerprint density at radius 1 is 0.406 bits per heavy atom. The van der Waals surface area contributed by atoms with E-state index in [1.807, 2.05) is 0 Å². The first-order chi connectivity index (χ1) is 31.7. The van der Waals surface area contributed by atoms with Gasteiger partial charge in [-0.05, 0) is 106 Å². The molecule has 1 atom stereocenters.